The molecule has 1 aliphatic rings. The number of hydrogen-bond acceptors (Lipinski definition) is 3. The molecule has 1 aromatic heterocycles. The third kappa shape index (κ3) is 3.44. The third-order valence-corrected chi connectivity index (χ3v) is 4.19. The van der Waals surface area contributed by atoms with Crippen molar-refractivity contribution in [2.24, 2.45) is 7.05 Å². The molecule has 120 valence electrons. The zero-order valence-corrected chi connectivity index (χ0v) is 13.1. The maximum Gasteiger partial charge on any atom is 0.355 e. The summed E-state index contributed by atoms with van der Waals surface area (Å²) in [6.07, 6.45) is 4.76. The molecule has 1 atom stereocenters. The molecule has 0 unspecified atom stereocenters. The average Bonchev–Trinajstić information content (AvgIpc) is 2.99. The quantitative estimate of drug-likeness (QED) is 0.882. The van der Waals surface area contributed by atoms with Gasteiger partial charge in [-0.1, -0.05) is 24.3 Å². The molecule has 3 rings (SSSR count). The second-order valence-corrected chi connectivity index (χ2v) is 5.79. The predicted octanol–water partition coefficient (Wildman–Crippen LogP) is 2.38. The summed E-state index contributed by atoms with van der Waals surface area (Å²) < 4.78 is 6.75. The predicted molar refractivity (Wildman–Crippen MR) is 86.0 cm³/mol. The summed E-state index contributed by atoms with van der Waals surface area (Å²) in [5, 5.41) is 2.97. The Morgan fingerprint density at radius 2 is 2.09 bits per heavy atom. The number of fused-ring (bicyclic) bond motifs is 1. The molecule has 0 saturated carbocycles. The molecule has 0 bridgehead atoms. The molecule has 1 heterocycles. The van der Waals surface area contributed by atoms with Gasteiger partial charge in [-0.3, -0.25) is 4.79 Å². The zero-order chi connectivity index (χ0) is 16.2. The van der Waals surface area contributed by atoms with Crippen molar-refractivity contribution < 1.29 is 14.3 Å². The van der Waals surface area contributed by atoms with E-state index in [4.69, 9.17) is 4.74 Å². The van der Waals surface area contributed by atoms with Gasteiger partial charge in [0.25, 0.3) is 5.91 Å². The van der Waals surface area contributed by atoms with Crippen molar-refractivity contribution in [2.45, 2.75) is 25.3 Å². The van der Waals surface area contributed by atoms with E-state index < -0.39 is 5.97 Å². The number of carbonyl (C=O) groups is 2. The molecule has 23 heavy (non-hydrogen) atoms. The minimum absolute atomic E-state index is 0.00110. The van der Waals surface area contributed by atoms with Crippen LogP contribution in [0.1, 0.15) is 40.5 Å². The lowest BCUT2D eigenvalue weighted by Gasteiger charge is -2.26. The van der Waals surface area contributed by atoms with Gasteiger partial charge in [0.15, 0.2) is 6.61 Å². The normalized spacial score (nSPS) is 16.5. The van der Waals surface area contributed by atoms with Crippen LogP contribution in [0.4, 0.5) is 0 Å². The monoisotopic (exact) mass is 312 g/mol. The molecule has 5 heteroatoms. The van der Waals surface area contributed by atoms with E-state index >= 15 is 0 Å². The van der Waals surface area contributed by atoms with Crippen molar-refractivity contribution in [1.82, 2.24) is 9.88 Å². The minimum atomic E-state index is -0.489. The van der Waals surface area contributed by atoms with Crippen molar-refractivity contribution in [1.29, 1.82) is 0 Å². The number of esters is 1. The SMILES string of the molecule is Cn1cccc1C(=O)OCC(=O)N[C@@H]1CCCc2ccccc21. The van der Waals surface area contributed by atoms with Crippen LogP contribution in [0, 0.1) is 0 Å². The first kappa shape index (κ1) is 15.3. The van der Waals surface area contributed by atoms with Gasteiger partial charge in [-0.2, -0.15) is 0 Å². The molecule has 0 radical (unpaired) electrons. The number of ether oxygens (including phenoxy) is 1. The van der Waals surface area contributed by atoms with Crippen molar-refractivity contribution in [3.05, 3.63) is 59.4 Å². The summed E-state index contributed by atoms with van der Waals surface area (Å²) in [5.74, 6) is -0.758. The number of benzene rings is 1. The third-order valence-electron chi connectivity index (χ3n) is 4.19. The zero-order valence-electron chi connectivity index (χ0n) is 13.1. The van der Waals surface area contributed by atoms with Gasteiger partial charge < -0.3 is 14.6 Å². The van der Waals surface area contributed by atoms with Gasteiger partial charge in [-0.05, 0) is 42.5 Å². The van der Waals surface area contributed by atoms with E-state index in [1.807, 2.05) is 12.1 Å². The fourth-order valence-electron chi connectivity index (χ4n) is 3.02. The number of hydrogen-bond donors (Lipinski definition) is 1. The Bertz CT molecular complexity index is 721. The number of rotatable bonds is 4. The topological polar surface area (TPSA) is 60.3 Å². The second kappa shape index (κ2) is 6.69. The molecule has 1 amide bonds. The van der Waals surface area contributed by atoms with Crippen LogP contribution < -0.4 is 5.32 Å². The maximum absolute atomic E-state index is 12.1. The first-order valence-electron chi connectivity index (χ1n) is 7.81. The molecule has 2 aromatic rings. The molecular weight excluding hydrogens is 292 g/mol. The fraction of sp³-hybridized carbons (Fsp3) is 0.333. The molecule has 0 fully saturated rings. The lowest BCUT2D eigenvalue weighted by Crippen LogP contribution is -2.34. The van der Waals surface area contributed by atoms with Crippen LogP contribution in [0.25, 0.3) is 0 Å². The number of amides is 1. The van der Waals surface area contributed by atoms with Crippen LogP contribution in [0.3, 0.4) is 0 Å². The summed E-state index contributed by atoms with van der Waals surface area (Å²) >= 11 is 0. The van der Waals surface area contributed by atoms with Crippen LogP contribution in [-0.2, 0) is 23.0 Å². The molecular formula is C18H20N2O3. The number of carbonyl (C=O) groups excluding carboxylic acids is 2. The van der Waals surface area contributed by atoms with Crippen molar-refractivity contribution >= 4 is 11.9 Å². The van der Waals surface area contributed by atoms with E-state index in [-0.39, 0.29) is 18.6 Å². The molecule has 1 aromatic carbocycles. The van der Waals surface area contributed by atoms with E-state index in [0.29, 0.717) is 5.69 Å². The summed E-state index contributed by atoms with van der Waals surface area (Å²) in [6, 6.07) is 11.6. The Morgan fingerprint density at radius 3 is 2.87 bits per heavy atom. The number of nitrogens with one attached hydrogen (secondary N) is 1. The summed E-state index contributed by atoms with van der Waals surface area (Å²) in [4.78, 5) is 24.0. The van der Waals surface area contributed by atoms with Gasteiger partial charge in [0.05, 0.1) is 6.04 Å². The number of aromatic nitrogens is 1. The van der Waals surface area contributed by atoms with Gasteiger partial charge in [0, 0.05) is 13.2 Å². The average molecular weight is 312 g/mol. The fourth-order valence-corrected chi connectivity index (χ4v) is 3.02. The number of aryl methyl sites for hydroxylation is 2. The highest BCUT2D eigenvalue weighted by molar-refractivity contribution is 5.90. The highest BCUT2D eigenvalue weighted by Crippen LogP contribution is 2.29. The van der Waals surface area contributed by atoms with E-state index in [9.17, 15) is 9.59 Å². The molecule has 1 aliphatic carbocycles. The first-order valence-corrected chi connectivity index (χ1v) is 7.81. The number of nitrogens with zero attached hydrogens (tertiary/aromatic N) is 1. The minimum Gasteiger partial charge on any atom is -0.451 e. The summed E-state index contributed by atoms with van der Waals surface area (Å²) in [6.45, 7) is -0.261. The van der Waals surface area contributed by atoms with Crippen LogP contribution in [-0.4, -0.2) is 23.1 Å². The Labute approximate surface area is 135 Å². The smallest absolute Gasteiger partial charge is 0.355 e. The van der Waals surface area contributed by atoms with Crippen molar-refractivity contribution in [3.63, 3.8) is 0 Å². The van der Waals surface area contributed by atoms with Crippen LogP contribution in [0.5, 0.6) is 0 Å². The highest BCUT2D eigenvalue weighted by Gasteiger charge is 2.22. The van der Waals surface area contributed by atoms with E-state index in [1.165, 1.54) is 11.1 Å². The largest absolute Gasteiger partial charge is 0.451 e. The van der Waals surface area contributed by atoms with Crippen LogP contribution in [0.2, 0.25) is 0 Å². The van der Waals surface area contributed by atoms with Gasteiger partial charge in [0.1, 0.15) is 5.69 Å². The van der Waals surface area contributed by atoms with E-state index in [1.54, 1.807) is 29.9 Å². The summed E-state index contributed by atoms with van der Waals surface area (Å²) in [5.41, 5.74) is 2.88. The van der Waals surface area contributed by atoms with E-state index in [2.05, 4.69) is 17.4 Å². The summed E-state index contributed by atoms with van der Waals surface area (Å²) in [7, 11) is 1.76. The van der Waals surface area contributed by atoms with Gasteiger partial charge in [0.2, 0.25) is 0 Å². The lowest BCUT2D eigenvalue weighted by atomic mass is 9.88. The lowest BCUT2D eigenvalue weighted by molar-refractivity contribution is -0.125. The second-order valence-electron chi connectivity index (χ2n) is 5.79. The Hall–Kier alpha value is -2.56. The van der Waals surface area contributed by atoms with Gasteiger partial charge in [-0.15, -0.1) is 0 Å². The Balaban J connectivity index is 1.56. The van der Waals surface area contributed by atoms with Crippen LogP contribution in [0.15, 0.2) is 42.6 Å². The molecule has 0 spiro atoms. The van der Waals surface area contributed by atoms with Crippen molar-refractivity contribution in [3.8, 4) is 0 Å². The molecule has 0 saturated heterocycles. The molecule has 5 nitrogen and oxygen atoms in total. The Morgan fingerprint density at radius 1 is 1.26 bits per heavy atom. The van der Waals surface area contributed by atoms with E-state index in [0.717, 1.165) is 19.3 Å². The molecule has 1 N–H and O–H groups in total. The van der Waals surface area contributed by atoms with Crippen LogP contribution >= 0.6 is 0 Å². The Kier molecular flexibility index (Phi) is 4.46. The van der Waals surface area contributed by atoms with Gasteiger partial charge >= 0.3 is 5.97 Å². The van der Waals surface area contributed by atoms with Gasteiger partial charge in [-0.25, -0.2) is 4.79 Å². The highest BCUT2D eigenvalue weighted by atomic mass is 16.5. The first-order chi connectivity index (χ1) is 11.1. The standard InChI is InChI=1S/C18H20N2O3/c1-20-11-5-10-16(20)18(22)23-12-17(21)19-15-9-4-7-13-6-2-3-8-14(13)15/h2-3,5-6,8,10-11,15H,4,7,9,12H2,1H3,(H,19,21)/t15-/m1/s1. The van der Waals surface area contributed by atoms with Crippen molar-refractivity contribution in [2.75, 3.05) is 6.61 Å². The maximum atomic E-state index is 12.1. The molecule has 0 aliphatic heterocycles.